The number of fused-ring (bicyclic) bond motifs is 1. The number of pyridine rings is 1. The van der Waals surface area contributed by atoms with Crippen molar-refractivity contribution in [3.05, 3.63) is 46.2 Å². The average molecular weight is 449 g/mol. The fourth-order valence-electron chi connectivity index (χ4n) is 3.56. The van der Waals surface area contributed by atoms with Crippen molar-refractivity contribution < 1.29 is 13.5 Å². The summed E-state index contributed by atoms with van der Waals surface area (Å²) < 4.78 is 33.3. The lowest BCUT2D eigenvalue weighted by Gasteiger charge is -2.22. The van der Waals surface area contributed by atoms with E-state index in [1.165, 1.54) is 13.2 Å². The van der Waals surface area contributed by atoms with Gasteiger partial charge in [0.1, 0.15) is 11.3 Å². The Morgan fingerprint density at radius 1 is 1.25 bits per heavy atom. The highest BCUT2D eigenvalue weighted by Gasteiger charge is 2.22. The molecule has 146 valence electrons. The number of piperidine rings is 1. The molecule has 4 rings (SSSR count). The predicted octanol–water partition coefficient (Wildman–Crippen LogP) is 4.87. The van der Waals surface area contributed by atoms with Crippen molar-refractivity contribution in [2.75, 3.05) is 20.2 Å². The van der Waals surface area contributed by atoms with Crippen LogP contribution in [0.2, 0.25) is 0 Å². The lowest BCUT2D eigenvalue weighted by molar-refractivity contribution is 0.151. The van der Waals surface area contributed by atoms with Gasteiger partial charge in [0.2, 0.25) is 0 Å². The number of benzene rings is 1. The lowest BCUT2D eigenvalue weighted by Crippen LogP contribution is -2.28. The van der Waals surface area contributed by atoms with Gasteiger partial charge in [-0.15, -0.1) is 0 Å². The molecule has 0 radical (unpaired) electrons. The van der Waals surface area contributed by atoms with Gasteiger partial charge in [-0.3, -0.25) is 4.98 Å². The summed E-state index contributed by atoms with van der Waals surface area (Å²) in [6.45, 7) is 1.87. The van der Waals surface area contributed by atoms with Crippen molar-refractivity contribution in [2.45, 2.75) is 25.2 Å². The van der Waals surface area contributed by atoms with E-state index < -0.39 is 6.43 Å². The van der Waals surface area contributed by atoms with Crippen molar-refractivity contribution in [1.29, 1.82) is 0 Å². The molecule has 1 aromatic carbocycles. The van der Waals surface area contributed by atoms with Gasteiger partial charge in [0.05, 0.1) is 24.1 Å². The minimum atomic E-state index is -2.66. The van der Waals surface area contributed by atoms with Crippen LogP contribution in [0.3, 0.4) is 0 Å². The van der Waals surface area contributed by atoms with Gasteiger partial charge >= 0.3 is 0 Å². The number of aromatic nitrogens is 3. The Kier molecular flexibility index (Phi) is 5.50. The Labute approximate surface area is 169 Å². The SMILES string of the molecule is COc1cc(Br)cc(C(F)F)c1-c1ccc2ncc([C@@H]3CCCNC3)nc2n1. The Morgan fingerprint density at radius 2 is 2.11 bits per heavy atom. The molecule has 0 bridgehead atoms. The van der Waals surface area contributed by atoms with E-state index in [9.17, 15) is 8.78 Å². The summed E-state index contributed by atoms with van der Waals surface area (Å²) in [5.41, 5.74) is 2.48. The van der Waals surface area contributed by atoms with E-state index in [1.807, 2.05) is 0 Å². The van der Waals surface area contributed by atoms with Gasteiger partial charge < -0.3 is 10.1 Å². The molecule has 1 saturated heterocycles. The molecule has 1 aliphatic rings. The first-order chi connectivity index (χ1) is 13.6. The van der Waals surface area contributed by atoms with Crippen molar-refractivity contribution in [3.63, 3.8) is 0 Å². The van der Waals surface area contributed by atoms with Crippen LogP contribution in [0, 0.1) is 0 Å². The molecule has 0 saturated carbocycles. The maximum absolute atomic E-state index is 13.7. The van der Waals surface area contributed by atoms with Crippen LogP contribution in [0.4, 0.5) is 8.78 Å². The molecule has 8 heteroatoms. The molecule has 28 heavy (non-hydrogen) atoms. The van der Waals surface area contributed by atoms with E-state index in [2.05, 4.69) is 36.2 Å². The third kappa shape index (κ3) is 3.71. The van der Waals surface area contributed by atoms with Gasteiger partial charge in [0.25, 0.3) is 6.43 Å². The van der Waals surface area contributed by atoms with E-state index in [0.29, 0.717) is 27.1 Å². The number of nitrogens with one attached hydrogen (secondary N) is 1. The van der Waals surface area contributed by atoms with Crippen LogP contribution < -0.4 is 10.1 Å². The predicted molar refractivity (Wildman–Crippen MR) is 107 cm³/mol. The van der Waals surface area contributed by atoms with Crippen LogP contribution in [0.25, 0.3) is 22.4 Å². The fraction of sp³-hybridized carbons (Fsp3) is 0.350. The highest BCUT2D eigenvalue weighted by Crippen LogP contribution is 2.40. The summed E-state index contributed by atoms with van der Waals surface area (Å²) in [6.07, 6.45) is 1.26. The number of methoxy groups -OCH3 is 1. The smallest absolute Gasteiger partial charge is 0.264 e. The minimum absolute atomic E-state index is 0.140. The topological polar surface area (TPSA) is 59.9 Å². The molecule has 1 aliphatic heterocycles. The first-order valence-corrected chi connectivity index (χ1v) is 9.86. The Morgan fingerprint density at radius 3 is 2.82 bits per heavy atom. The zero-order chi connectivity index (χ0) is 19.7. The molecule has 1 N–H and O–H groups in total. The van der Waals surface area contributed by atoms with E-state index in [4.69, 9.17) is 4.74 Å². The molecule has 5 nitrogen and oxygen atoms in total. The van der Waals surface area contributed by atoms with Crippen LogP contribution in [-0.2, 0) is 0 Å². The number of ether oxygens (including phenoxy) is 1. The maximum atomic E-state index is 13.7. The Hall–Kier alpha value is -2.19. The molecule has 3 aromatic rings. The van der Waals surface area contributed by atoms with Crippen LogP contribution >= 0.6 is 15.9 Å². The largest absolute Gasteiger partial charge is 0.496 e. The molecule has 1 fully saturated rings. The first kappa shape index (κ1) is 19.1. The zero-order valence-electron chi connectivity index (χ0n) is 15.3. The highest BCUT2D eigenvalue weighted by molar-refractivity contribution is 9.10. The van der Waals surface area contributed by atoms with Crippen molar-refractivity contribution in [3.8, 4) is 17.0 Å². The van der Waals surface area contributed by atoms with Gasteiger partial charge in [-0.05, 0) is 43.7 Å². The van der Waals surface area contributed by atoms with E-state index in [-0.39, 0.29) is 17.0 Å². The normalized spacial score (nSPS) is 17.2. The number of hydrogen-bond donors (Lipinski definition) is 1. The second-order valence-corrected chi connectivity index (χ2v) is 7.67. The Bertz CT molecular complexity index is 1010. The molecule has 0 aliphatic carbocycles. The van der Waals surface area contributed by atoms with Crippen LogP contribution in [0.15, 0.2) is 34.9 Å². The van der Waals surface area contributed by atoms with Crippen LogP contribution in [0.5, 0.6) is 5.75 Å². The zero-order valence-corrected chi connectivity index (χ0v) is 16.8. The minimum Gasteiger partial charge on any atom is -0.496 e. The third-order valence-electron chi connectivity index (χ3n) is 4.95. The third-order valence-corrected chi connectivity index (χ3v) is 5.41. The quantitative estimate of drug-likeness (QED) is 0.616. The number of halogens is 3. The maximum Gasteiger partial charge on any atom is 0.264 e. The average Bonchev–Trinajstić information content (AvgIpc) is 2.72. The van der Waals surface area contributed by atoms with Gasteiger partial charge in [0.15, 0.2) is 5.65 Å². The lowest BCUT2D eigenvalue weighted by atomic mass is 9.96. The second-order valence-electron chi connectivity index (χ2n) is 6.75. The second kappa shape index (κ2) is 8.05. The fourth-order valence-corrected chi connectivity index (χ4v) is 4.01. The summed E-state index contributed by atoms with van der Waals surface area (Å²) >= 11 is 3.26. The summed E-state index contributed by atoms with van der Waals surface area (Å²) in [5, 5.41) is 3.37. The van der Waals surface area contributed by atoms with Crippen LogP contribution in [0.1, 0.15) is 36.4 Å². The molecule has 3 heterocycles. The van der Waals surface area contributed by atoms with Gasteiger partial charge in [-0.25, -0.2) is 18.7 Å². The summed E-state index contributed by atoms with van der Waals surface area (Å²) in [4.78, 5) is 13.7. The summed E-state index contributed by atoms with van der Waals surface area (Å²) in [5.74, 6) is 0.618. The van der Waals surface area contributed by atoms with Crippen LogP contribution in [-0.4, -0.2) is 35.2 Å². The summed E-state index contributed by atoms with van der Waals surface area (Å²) in [7, 11) is 1.45. The molecular formula is C20H19BrF2N4O. The molecule has 1 atom stereocenters. The number of rotatable bonds is 4. The first-order valence-electron chi connectivity index (χ1n) is 9.07. The Balaban J connectivity index is 1.83. The molecular weight excluding hydrogens is 430 g/mol. The molecule has 2 aromatic heterocycles. The highest BCUT2D eigenvalue weighted by atomic mass is 79.9. The standard InChI is InChI=1S/C20H19BrF2N4O/c1-28-17-8-12(21)7-13(19(22)23)18(17)14-4-5-15-20(26-14)27-16(10-25-15)11-3-2-6-24-9-11/h4-5,7-8,10-11,19,24H,2-3,6,9H2,1H3/t11-/m1/s1. The monoisotopic (exact) mass is 448 g/mol. The van der Waals surface area contributed by atoms with E-state index in [1.54, 1.807) is 24.4 Å². The molecule has 0 amide bonds. The molecule has 0 unspecified atom stereocenters. The van der Waals surface area contributed by atoms with Gasteiger partial charge in [-0.1, -0.05) is 15.9 Å². The summed E-state index contributed by atoms with van der Waals surface area (Å²) in [6, 6.07) is 6.48. The van der Waals surface area contributed by atoms with Crippen molar-refractivity contribution >= 4 is 27.1 Å². The number of alkyl halides is 2. The van der Waals surface area contributed by atoms with Gasteiger partial charge in [0, 0.05) is 28.7 Å². The molecule has 0 spiro atoms. The number of hydrogen-bond acceptors (Lipinski definition) is 5. The van der Waals surface area contributed by atoms with Gasteiger partial charge in [-0.2, -0.15) is 0 Å². The number of nitrogens with zero attached hydrogens (tertiary/aromatic N) is 3. The van der Waals surface area contributed by atoms with E-state index >= 15 is 0 Å². The van der Waals surface area contributed by atoms with Crippen molar-refractivity contribution in [1.82, 2.24) is 20.3 Å². The van der Waals surface area contributed by atoms with Crippen molar-refractivity contribution in [2.24, 2.45) is 0 Å². The van der Waals surface area contributed by atoms with E-state index in [0.717, 1.165) is 31.6 Å².